The molecule has 0 bridgehead atoms. The smallest absolute Gasteiger partial charge is 0.229 e. The second-order valence-electron chi connectivity index (χ2n) is 8.96. The summed E-state index contributed by atoms with van der Waals surface area (Å²) in [6.07, 6.45) is 8.17. The maximum Gasteiger partial charge on any atom is 0.229 e. The van der Waals surface area contributed by atoms with Gasteiger partial charge in [0.15, 0.2) is 0 Å². The van der Waals surface area contributed by atoms with Crippen LogP contribution >= 0.6 is 0 Å². The Morgan fingerprint density at radius 1 is 1.09 bits per heavy atom. The first-order chi connectivity index (χ1) is 16.4. The molecule has 1 aliphatic rings. The van der Waals surface area contributed by atoms with E-state index in [1.54, 1.807) is 30.7 Å². The summed E-state index contributed by atoms with van der Waals surface area (Å²) in [4.78, 5) is 8.72. The summed E-state index contributed by atoms with van der Waals surface area (Å²) in [5, 5.41) is 7.80. The number of imidazole rings is 1. The van der Waals surface area contributed by atoms with Crippen molar-refractivity contribution in [3.63, 3.8) is 0 Å². The van der Waals surface area contributed by atoms with Crippen LogP contribution in [0, 0.1) is 17.6 Å². The summed E-state index contributed by atoms with van der Waals surface area (Å²) >= 11 is 0. The molecule has 0 saturated heterocycles. The van der Waals surface area contributed by atoms with Gasteiger partial charge in [0.2, 0.25) is 5.95 Å². The molecule has 1 fully saturated rings. The first kappa shape index (κ1) is 22.2. The number of nitrogens with zero attached hydrogens (tertiary/aromatic N) is 4. The molecule has 0 aliphatic heterocycles. The quantitative estimate of drug-likeness (QED) is 0.429. The second kappa shape index (κ2) is 8.98. The highest BCUT2D eigenvalue weighted by atomic mass is 19.1. The SMILES string of the molecule is COc1cc(F)c(-c2ccc3cnc(Nc4cnccc4C4CC(C)CC(N)C4)n3n2)c(F)c1. The van der Waals surface area contributed by atoms with Crippen LogP contribution in [0.2, 0.25) is 0 Å². The van der Waals surface area contributed by atoms with E-state index in [0.29, 0.717) is 23.3 Å². The third kappa shape index (κ3) is 4.19. The fourth-order valence-corrected chi connectivity index (χ4v) is 4.91. The third-order valence-electron chi connectivity index (χ3n) is 6.41. The largest absolute Gasteiger partial charge is 0.497 e. The predicted molar refractivity (Wildman–Crippen MR) is 126 cm³/mol. The van der Waals surface area contributed by atoms with Gasteiger partial charge < -0.3 is 15.8 Å². The van der Waals surface area contributed by atoms with Crippen LogP contribution in [0.15, 0.2) is 48.9 Å². The lowest BCUT2D eigenvalue weighted by Gasteiger charge is -2.32. The highest BCUT2D eigenvalue weighted by Gasteiger charge is 2.27. The molecule has 3 aromatic heterocycles. The molecule has 34 heavy (non-hydrogen) atoms. The molecule has 176 valence electrons. The molecular formula is C25H26F2N6O. The van der Waals surface area contributed by atoms with E-state index in [2.05, 4.69) is 27.3 Å². The van der Waals surface area contributed by atoms with Gasteiger partial charge in [-0.2, -0.15) is 9.61 Å². The van der Waals surface area contributed by atoms with Crippen molar-refractivity contribution in [1.29, 1.82) is 0 Å². The van der Waals surface area contributed by atoms with Gasteiger partial charge in [0.1, 0.15) is 17.4 Å². The van der Waals surface area contributed by atoms with Gasteiger partial charge in [0, 0.05) is 24.4 Å². The van der Waals surface area contributed by atoms with Crippen molar-refractivity contribution in [2.45, 2.75) is 38.1 Å². The van der Waals surface area contributed by atoms with Crippen molar-refractivity contribution in [2.24, 2.45) is 11.7 Å². The maximum atomic E-state index is 14.7. The van der Waals surface area contributed by atoms with Crippen molar-refractivity contribution in [3.8, 4) is 17.0 Å². The molecule has 3 atom stereocenters. The van der Waals surface area contributed by atoms with E-state index in [-0.39, 0.29) is 23.0 Å². The van der Waals surface area contributed by atoms with Crippen LogP contribution < -0.4 is 15.8 Å². The van der Waals surface area contributed by atoms with Crippen LogP contribution in [0.1, 0.15) is 37.7 Å². The zero-order chi connectivity index (χ0) is 23.8. The minimum absolute atomic E-state index is 0.102. The number of fused-ring (bicyclic) bond motifs is 1. The molecule has 0 radical (unpaired) electrons. The molecule has 5 rings (SSSR count). The number of anilines is 2. The number of methoxy groups -OCH3 is 1. The lowest BCUT2D eigenvalue weighted by Crippen LogP contribution is -2.31. The van der Waals surface area contributed by atoms with Crippen molar-refractivity contribution in [2.75, 3.05) is 12.4 Å². The number of hydrogen-bond donors (Lipinski definition) is 2. The van der Waals surface area contributed by atoms with Crippen molar-refractivity contribution in [1.82, 2.24) is 19.6 Å². The molecule has 7 nitrogen and oxygen atoms in total. The molecule has 3 heterocycles. The number of nitrogens with one attached hydrogen (secondary N) is 1. The molecule has 1 aromatic carbocycles. The average Bonchev–Trinajstić information content (AvgIpc) is 3.20. The van der Waals surface area contributed by atoms with Crippen LogP contribution in [0.25, 0.3) is 16.8 Å². The summed E-state index contributed by atoms with van der Waals surface area (Å²) in [7, 11) is 1.36. The molecule has 1 aliphatic carbocycles. The van der Waals surface area contributed by atoms with E-state index in [1.165, 1.54) is 11.6 Å². The molecule has 1 saturated carbocycles. The summed E-state index contributed by atoms with van der Waals surface area (Å²) in [5.74, 6) is -0.132. The average molecular weight is 465 g/mol. The summed E-state index contributed by atoms with van der Waals surface area (Å²) in [6, 6.07) is 7.73. The van der Waals surface area contributed by atoms with E-state index in [1.807, 2.05) is 6.07 Å². The summed E-state index contributed by atoms with van der Waals surface area (Å²) in [6.45, 7) is 2.23. The molecular weight excluding hydrogens is 438 g/mol. The zero-order valence-corrected chi connectivity index (χ0v) is 19.0. The summed E-state index contributed by atoms with van der Waals surface area (Å²) in [5.41, 5.74) is 8.83. The number of hydrogen-bond acceptors (Lipinski definition) is 6. The van der Waals surface area contributed by atoms with Crippen LogP contribution in [0.5, 0.6) is 5.75 Å². The molecule has 3 unspecified atom stereocenters. The van der Waals surface area contributed by atoms with E-state index in [0.717, 1.165) is 42.6 Å². The number of halogens is 2. The maximum absolute atomic E-state index is 14.7. The van der Waals surface area contributed by atoms with Gasteiger partial charge in [-0.15, -0.1) is 0 Å². The standard InChI is InChI=1S/C25H26F2N6O/c1-14-7-15(9-16(28)8-14)19-5-6-29-13-23(19)31-25-30-12-17-3-4-22(32-33(17)25)24-20(26)10-18(34-2)11-21(24)27/h3-6,10-16H,7-9,28H2,1-2H3,(H,30,31). The van der Waals surface area contributed by atoms with Gasteiger partial charge >= 0.3 is 0 Å². The molecule has 3 N–H and O–H groups in total. The van der Waals surface area contributed by atoms with Crippen LogP contribution in [-0.2, 0) is 0 Å². The summed E-state index contributed by atoms with van der Waals surface area (Å²) < 4.78 is 35.8. The topological polar surface area (TPSA) is 90.4 Å². The van der Waals surface area contributed by atoms with E-state index < -0.39 is 11.6 Å². The Labute approximate surface area is 196 Å². The number of pyridine rings is 1. The molecule has 0 spiro atoms. The first-order valence-corrected chi connectivity index (χ1v) is 11.3. The minimum atomic E-state index is -0.754. The Balaban J connectivity index is 1.51. The fraction of sp³-hybridized carbons (Fsp3) is 0.320. The number of nitrogens with two attached hydrogens (primary N) is 1. The third-order valence-corrected chi connectivity index (χ3v) is 6.41. The Kier molecular flexibility index (Phi) is 5.87. The first-order valence-electron chi connectivity index (χ1n) is 11.3. The number of aromatic nitrogens is 4. The van der Waals surface area contributed by atoms with Gasteiger partial charge in [-0.3, -0.25) is 4.98 Å². The predicted octanol–water partition coefficient (Wildman–Crippen LogP) is 5.05. The monoisotopic (exact) mass is 464 g/mol. The van der Waals surface area contributed by atoms with Gasteiger partial charge in [0.25, 0.3) is 0 Å². The van der Waals surface area contributed by atoms with Gasteiger partial charge in [-0.05, 0) is 54.9 Å². The second-order valence-corrected chi connectivity index (χ2v) is 8.96. The number of benzene rings is 1. The van der Waals surface area contributed by atoms with Crippen LogP contribution in [0.3, 0.4) is 0 Å². The minimum Gasteiger partial charge on any atom is -0.497 e. The van der Waals surface area contributed by atoms with Gasteiger partial charge in [0.05, 0.1) is 42.0 Å². The number of rotatable bonds is 5. The van der Waals surface area contributed by atoms with Gasteiger partial charge in [-0.1, -0.05) is 6.92 Å². The van der Waals surface area contributed by atoms with Crippen molar-refractivity contribution in [3.05, 3.63) is 66.1 Å². The van der Waals surface area contributed by atoms with Crippen molar-refractivity contribution >= 4 is 17.2 Å². The Morgan fingerprint density at radius 2 is 1.88 bits per heavy atom. The van der Waals surface area contributed by atoms with Gasteiger partial charge in [-0.25, -0.2) is 13.8 Å². The highest BCUT2D eigenvalue weighted by Crippen LogP contribution is 2.39. The van der Waals surface area contributed by atoms with E-state index in [9.17, 15) is 8.78 Å². The fourth-order valence-electron chi connectivity index (χ4n) is 4.91. The Morgan fingerprint density at radius 3 is 2.62 bits per heavy atom. The van der Waals surface area contributed by atoms with Crippen molar-refractivity contribution < 1.29 is 13.5 Å². The van der Waals surface area contributed by atoms with Crippen LogP contribution in [0.4, 0.5) is 20.4 Å². The van der Waals surface area contributed by atoms with E-state index in [4.69, 9.17) is 10.5 Å². The van der Waals surface area contributed by atoms with Crippen LogP contribution in [-0.4, -0.2) is 32.7 Å². The molecule has 9 heteroatoms. The normalized spacial score (nSPS) is 20.4. The lowest BCUT2D eigenvalue weighted by atomic mass is 9.76. The highest BCUT2D eigenvalue weighted by molar-refractivity contribution is 5.66. The van der Waals surface area contributed by atoms with E-state index >= 15 is 0 Å². The number of ether oxygens (including phenoxy) is 1. The zero-order valence-electron chi connectivity index (χ0n) is 19.0. The Hall–Kier alpha value is -3.59. The molecule has 0 amide bonds. The Bertz CT molecular complexity index is 1310. The lowest BCUT2D eigenvalue weighted by molar-refractivity contribution is 0.308. The molecule has 4 aromatic rings.